The van der Waals surface area contributed by atoms with E-state index in [9.17, 15) is 9.50 Å². The first-order valence-electron chi connectivity index (χ1n) is 9.55. The molecule has 3 aromatic carbocycles. The Morgan fingerprint density at radius 2 is 1.87 bits per heavy atom. The quantitative estimate of drug-likeness (QED) is 0.542. The van der Waals surface area contributed by atoms with Crippen LogP contribution in [0.4, 0.5) is 4.39 Å². The predicted octanol–water partition coefficient (Wildman–Crippen LogP) is 3.97. The summed E-state index contributed by atoms with van der Waals surface area (Å²) in [7, 11) is 0. The summed E-state index contributed by atoms with van der Waals surface area (Å²) in [5, 5.41) is 16.1. The van der Waals surface area contributed by atoms with Crippen molar-refractivity contribution in [1.29, 1.82) is 0 Å². The Kier molecular flexibility index (Phi) is 4.84. The molecule has 5 nitrogen and oxygen atoms in total. The summed E-state index contributed by atoms with van der Waals surface area (Å²) in [5.41, 5.74) is 3.56. The Balaban J connectivity index is 1.57. The Hall–Kier alpha value is -3.03. The van der Waals surface area contributed by atoms with Gasteiger partial charge in [0.1, 0.15) is 17.6 Å². The third kappa shape index (κ3) is 3.51. The number of benzene rings is 3. The molecular weight excluding hydrogens is 451 g/mol. The van der Waals surface area contributed by atoms with E-state index in [0.717, 1.165) is 28.1 Å². The number of quaternary nitrogens is 1. The number of halogens is 2. The van der Waals surface area contributed by atoms with Crippen LogP contribution in [0, 0.1) is 5.82 Å². The second kappa shape index (κ2) is 7.66. The molecule has 2 heterocycles. The smallest absolute Gasteiger partial charge is 0.231 e. The van der Waals surface area contributed by atoms with Crippen LogP contribution < -0.4 is 20.1 Å². The summed E-state index contributed by atoms with van der Waals surface area (Å²) >= 11 is 3.28. The molecule has 0 radical (unpaired) electrons. The molecule has 3 aromatic rings. The van der Waals surface area contributed by atoms with Gasteiger partial charge in [0.05, 0.1) is 10.0 Å². The van der Waals surface area contributed by atoms with Crippen LogP contribution in [0.25, 0.3) is 5.70 Å². The third-order valence-corrected chi connectivity index (χ3v) is 5.95. The highest BCUT2D eigenvalue weighted by Crippen LogP contribution is 2.36. The molecule has 7 heteroatoms. The standard InChI is InChI=1S/C23H18BrFN2O3/c24-16-9-14(5-7-17(16)25)23-26-18(13-6-8-21-22(10-13)30-12-29-21)11-19(27-23)15-3-1-2-4-20(15)28/h1-11,19,23,26-28H,12H2/p+1. The van der Waals surface area contributed by atoms with Crippen LogP contribution in [0.1, 0.15) is 28.9 Å². The van der Waals surface area contributed by atoms with Gasteiger partial charge in [0.2, 0.25) is 6.79 Å². The molecule has 0 aliphatic carbocycles. The molecule has 2 aliphatic heterocycles. The first-order chi connectivity index (χ1) is 14.6. The average molecular weight is 470 g/mol. The minimum atomic E-state index is -0.307. The Morgan fingerprint density at radius 3 is 2.70 bits per heavy atom. The van der Waals surface area contributed by atoms with Gasteiger partial charge in [0.25, 0.3) is 0 Å². The molecule has 5 rings (SSSR count). The lowest BCUT2D eigenvalue weighted by atomic mass is 9.97. The van der Waals surface area contributed by atoms with Crippen molar-refractivity contribution in [3.63, 3.8) is 0 Å². The molecule has 4 N–H and O–H groups in total. The van der Waals surface area contributed by atoms with E-state index in [1.807, 2.05) is 30.3 Å². The maximum Gasteiger partial charge on any atom is 0.231 e. The van der Waals surface area contributed by atoms with E-state index in [4.69, 9.17) is 9.47 Å². The van der Waals surface area contributed by atoms with Gasteiger partial charge in [-0.25, -0.2) is 4.39 Å². The summed E-state index contributed by atoms with van der Waals surface area (Å²) in [6, 6.07) is 17.9. The molecule has 2 unspecified atom stereocenters. The molecule has 30 heavy (non-hydrogen) atoms. The number of nitrogens with one attached hydrogen (secondary N) is 1. The van der Waals surface area contributed by atoms with Gasteiger partial charge in [0.15, 0.2) is 17.7 Å². The van der Waals surface area contributed by atoms with E-state index in [1.165, 1.54) is 6.07 Å². The van der Waals surface area contributed by atoms with Crippen LogP contribution >= 0.6 is 15.9 Å². The van der Waals surface area contributed by atoms with Crippen molar-refractivity contribution in [2.75, 3.05) is 6.79 Å². The van der Waals surface area contributed by atoms with Gasteiger partial charge < -0.3 is 25.2 Å². The highest BCUT2D eigenvalue weighted by atomic mass is 79.9. The molecule has 0 bridgehead atoms. The van der Waals surface area contributed by atoms with Crippen LogP contribution in [-0.2, 0) is 0 Å². The van der Waals surface area contributed by atoms with Gasteiger partial charge in [-0.2, -0.15) is 0 Å². The molecule has 2 aliphatic rings. The molecule has 0 amide bonds. The number of phenolic OH excluding ortho intramolecular Hbond substituents is 1. The first kappa shape index (κ1) is 19.0. The fourth-order valence-corrected chi connectivity index (χ4v) is 4.21. The lowest BCUT2D eigenvalue weighted by molar-refractivity contribution is -0.731. The number of para-hydroxylation sites is 1. The van der Waals surface area contributed by atoms with Crippen LogP contribution in [0.15, 0.2) is 71.2 Å². The Morgan fingerprint density at radius 1 is 1.03 bits per heavy atom. The van der Waals surface area contributed by atoms with Crippen molar-refractivity contribution in [2.45, 2.75) is 12.2 Å². The predicted molar refractivity (Wildman–Crippen MR) is 113 cm³/mol. The summed E-state index contributed by atoms with van der Waals surface area (Å²) in [4.78, 5) is 0. The lowest BCUT2D eigenvalue weighted by Crippen LogP contribution is -2.89. The maximum absolute atomic E-state index is 13.8. The molecule has 0 saturated carbocycles. The van der Waals surface area contributed by atoms with Crippen LogP contribution in [-0.4, -0.2) is 11.9 Å². The third-order valence-electron chi connectivity index (χ3n) is 5.34. The summed E-state index contributed by atoms with van der Waals surface area (Å²) < 4.78 is 25.1. The van der Waals surface area contributed by atoms with E-state index in [0.29, 0.717) is 10.2 Å². The van der Waals surface area contributed by atoms with Crippen LogP contribution in [0.5, 0.6) is 17.2 Å². The number of ether oxygens (including phenoxy) is 2. The lowest BCUT2D eigenvalue weighted by Gasteiger charge is -2.30. The zero-order chi connectivity index (χ0) is 20.7. The van der Waals surface area contributed by atoms with Gasteiger partial charge in [-0.1, -0.05) is 12.1 Å². The van der Waals surface area contributed by atoms with E-state index in [1.54, 1.807) is 24.3 Å². The summed E-state index contributed by atoms with van der Waals surface area (Å²) in [6.45, 7) is 0.214. The second-order valence-corrected chi connectivity index (χ2v) is 8.08. The molecule has 2 atom stereocenters. The van der Waals surface area contributed by atoms with Crippen molar-refractivity contribution in [2.24, 2.45) is 0 Å². The van der Waals surface area contributed by atoms with Gasteiger partial charge in [0, 0.05) is 22.9 Å². The number of hydrogen-bond acceptors (Lipinski definition) is 4. The molecule has 152 valence electrons. The zero-order valence-corrected chi connectivity index (χ0v) is 17.4. The van der Waals surface area contributed by atoms with Gasteiger partial charge >= 0.3 is 0 Å². The van der Waals surface area contributed by atoms with Crippen molar-refractivity contribution in [1.82, 2.24) is 5.32 Å². The number of hydrogen-bond donors (Lipinski definition) is 3. The Labute approximate surface area is 181 Å². The van der Waals surface area contributed by atoms with E-state index in [-0.39, 0.29) is 30.6 Å². The number of rotatable bonds is 3. The minimum Gasteiger partial charge on any atom is -0.507 e. The summed E-state index contributed by atoms with van der Waals surface area (Å²) in [6.07, 6.45) is 1.89. The number of phenols is 1. The van der Waals surface area contributed by atoms with Crippen molar-refractivity contribution in [3.05, 3.63) is 93.7 Å². The zero-order valence-electron chi connectivity index (χ0n) is 15.8. The van der Waals surface area contributed by atoms with Gasteiger partial charge in [-0.05, 0) is 64.5 Å². The molecule has 0 fully saturated rings. The van der Waals surface area contributed by atoms with Crippen molar-refractivity contribution < 1.29 is 24.3 Å². The SMILES string of the molecule is Oc1ccccc1C1C=C(c2ccc3c(c2)OCO3)NC(c2ccc(F)c(Br)c2)[NH2+]1. The molecule has 0 saturated heterocycles. The summed E-state index contributed by atoms with van der Waals surface area (Å²) in [5.74, 6) is 1.35. The molecule has 0 spiro atoms. The van der Waals surface area contributed by atoms with Gasteiger partial charge in [-0.3, -0.25) is 0 Å². The van der Waals surface area contributed by atoms with E-state index < -0.39 is 0 Å². The normalized spacial score (nSPS) is 19.9. The Bertz CT molecular complexity index is 1150. The molecular formula is C23H19BrFN2O3+. The number of nitrogens with two attached hydrogens (primary N) is 1. The van der Waals surface area contributed by atoms with Crippen molar-refractivity contribution >= 4 is 21.6 Å². The minimum absolute atomic E-state index is 0.137. The van der Waals surface area contributed by atoms with Crippen LogP contribution in [0.3, 0.4) is 0 Å². The largest absolute Gasteiger partial charge is 0.507 e. The van der Waals surface area contributed by atoms with Crippen LogP contribution in [0.2, 0.25) is 0 Å². The fourth-order valence-electron chi connectivity index (χ4n) is 3.81. The topological polar surface area (TPSA) is 67.3 Å². The number of fused-ring (bicyclic) bond motifs is 1. The van der Waals surface area contributed by atoms with Crippen molar-refractivity contribution in [3.8, 4) is 17.2 Å². The number of aromatic hydroxyl groups is 1. The highest BCUT2D eigenvalue weighted by molar-refractivity contribution is 9.10. The van der Waals surface area contributed by atoms with Gasteiger partial charge in [-0.15, -0.1) is 0 Å². The fraction of sp³-hybridized carbons (Fsp3) is 0.130. The van der Waals surface area contributed by atoms with E-state index in [2.05, 4.69) is 32.6 Å². The van der Waals surface area contributed by atoms with E-state index >= 15 is 0 Å². The highest BCUT2D eigenvalue weighted by Gasteiger charge is 2.30. The molecule has 0 aromatic heterocycles. The first-order valence-corrected chi connectivity index (χ1v) is 10.3. The monoisotopic (exact) mass is 469 g/mol. The average Bonchev–Trinajstić information content (AvgIpc) is 3.23. The maximum atomic E-state index is 13.8. The second-order valence-electron chi connectivity index (χ2n) is 7.22.